The molecule has 0 aliphatic rings. The summed E-state index contributed by atoms with van der Waals surface area (Å²) in [5.74, 6) is -0.391. The van der Waals surface area contributed by atoms with Crippen LogP contribution in [0.1, 0.15) is 30.5 Å². The highest BCUT2D eigenvalue weighted by Crippen LogP contribution is 2.39. The van der Waals surface area contributed by atoms with Crippen LogP contribution >= 0.6 is 54.8 Å². The molecular weight excluding hydrogens is 428 g/mol. The van der Waals surface area contributed by atoms with Crippen LogP contribution < -0.4 is 5.32 Å². The second-order valence-corrected chi connectivity index (χ2v) is 8.44. The third-order valence-corrected chi connectivity index (χ3v) is 5.67. The van der Waals surface area contributed by atoms with Gasteiger partial charge in [0.15, 0.2) is 0 Å². The van der Waals surface area contributed by atoms with Crippen LogP contribution in [0.25, 0.3) is 0 Å². The third kappa shape index (κ3) is 3.63. The molecule has 2 aromatic rings. The molecule has 0 aliphatic heterocycles. The molecule has 0 aliphatic carbocycles. The maximum absolute atomic E-state index is 13.7. The Morgan fingerprint density at radius 1 is 1.35 bits per heavy atom. The lowest BCUT2D eigenvalue weighted by Gasteiger charge is -2.20. The highest BCUT2D eigenvalue weighted by atomic mass is 79.9. The number of rotatable bonds is 5. The quantitative estimate of drug-likeness (QED) is 0.586. The van der Waals surface area contributed by atoms with E-state index in [1.807, 2.05) is 12.1 Å². The van der Waals surface area contributed by atoms with Gasteiger partial charge in [0.1, 0.15) is 5.82 Å². The van der Waals surface area contributed by atoms with Crippen molar-refractivity contribution in [2.75, 3.05) is 6.54 Å². The van der Waals surface area contributed by atoms with Gasteiger partial charge in [-0.05, 0) is 68.1 Å². The number of benzene rings is 1. The molecule has 1 unspecified atom stereocenters. The van der Waals surface area contributed by atoms with Crippen molar-refractivity contribution < 1.29 is 4.39 Å². The molecule has 20 heavy (non-hydrogen) atoms. The second-order valence-electron chi connectivity index (χ2n) is 4.31. The number of nitrogens with one attached hydrogen (secondary N) is 1. The molecule has 1 N–H and O–H groups in total. The van der Waals surface area contributed by atoms with E-state index in [1.165, 1.54) is 6.07 Å². The van der Waals surface area contributed by atoms with Gasteiger partial charge < -0.3 is 5.32 Å². The first kappa shape index (κ1) is 16.4. The molecule has 0 amide bonds. The summed E-state index contributed by atoms with van der Waals surface area (Å²) in [6.07, 6.45) is 0.992. The van der Waals surface area contributed by atoms with E-state index >= 15 is 0 Å². The lowest BCUT2D eigenvalue weighted by molar-refractivity contribution is 0.586. The van der Waals surface area contributed by atoms with Crippen LogP contribution in [0.5, 0.6) is 0 Å². The Morgan fingerprint density at radius 2 is 2.10 bits per heavy atom. The second kappa shape index (κ2) is 7.36. The van der Waals surface area contributed by atoms with Crippen molar-refractivity contribution in [1.82, 2.24) is 5.32 Å². The zero-order valence-corrected chi connectivity index (χ0v) is 15.5. The first-order valence-corrected chi connectivity index (χ1v) is 8.94. The van der Waals surface area contributed by atoms with E-state index in [-0.39, 0.29) is 11.1 Å². The van der Waals surface area contributed by atoms with Crippen molar-refractivity contribution in [1.29, 1.82) is 0 Å². The molecule has 1 atom stereocenters. The summed E-state index contributed by atoms with van der Waals surface area (Å²) < 4.78 is 15.7. The average molecular weight is 442 g/mol. The minimum Gasteiger partial charge on any atom is -0.306 e. The molecule has 0 fully saturated rings. The van der Waals surface area contributed by atoms with E-state index < -0.39 is 5.82 Å². The fraction of sp³-hybridized carbons (Fsp3) is 0.286. The van der Waals surface area contributed by atoms with Crippen LogP contribution in [-0.4, -0.2) is 6.54 Å². The smallest absolute Gasteiger partial charge is 0.142 e. The van der Waals surface area contributed by atoms with Crippen LogP contribution in [0, 0.1) is 5.82 Å². The van der Waals surface area contributed by atoms with Crippen LogP contribution in [0.4, 0.5) is 4.39 Å². The monoisotopic (exact) mass is 439 g/mol. The third-order valence-electron chi connectivity index (χ3n) is 2.88. The minimum atomic E-state index is -0.391. The standard InChI is InChI=1S/C14H13Br2ClFNS/c1-2-6-19-13(9-7-11(15)20-14(9)16)8-4-3-5-10(18)12(8)17/h3-5,7,13,19H,2,6H2,1H3. The van der Waals surface area contributed by atoms with Gasteiger partial charge in [0.25, 0.3) is 0 Å². The average Bonchev–Trinajstić information content (AvgIpc) is 2.74. The highest BCUT2D eigenvalue weighted by molar-refractivity contribution is 9.12. The molecule has 1 aromatic carbocycles. The fourth-order valence-electron chi connectivity index (χ4n) is 1.97. The Balaban J connectivity index is 2.47. The predicted octanol–water partition coefficient (Wildman–Crippen LogP) is 6.15. The van der Waals surface area contributed by atoms with Gasteiger partial charge in [0.05, 0.1) is 18.6 Å². The molecule has 1 nitrogen and oxygen atoms in total. The maximum atomic E-state index is 13.7. The summed E-state index contributed by atoms with van der Waals surface area (Å²) in [6, 6.07) is 6.82. The number of hydrogen-bond donors (Lipinski definition) is 1. The Hall–Kier alpha value is 0.0600. The minimum absolute atomic E-state index is 0.130. The SMILES string of the molecule is CCCNC(c1cc(Br)sc1Br)c1cccc(F)c1Cl. The predicted molar refractivity (Wildman–Crippen MR) is 91.3 cm³/mol. The first-order chi connectivity index (χ1) is 9.54. The first-order valence-electron chi connectivity index (χ1n) is 6.16. The maximum Gasteiger partial charge on any atom is 0.142 e. The molecule has 108 valence electrons. The van der Waals surface area contributed by atoms with Gasteiger partial charge in [-0.1, -0.05) is 30.7 Å². The van der Waals surface area contributed by atoms with E-state index in [0.717, 1.165) is 31.7 Å². The van der Waals surface area contributed by atoms with Crippen molar-refractivity contribution in [3.63, 3.8) is 0 Å². The number of halogens is 4. The fourth-order valence-corrected chi connectivity index (χ4v) is 5.11. The van der Waals surface area contributed by atoms with Gasteiger partial charge in [-0.15, -0.1) is 11.3 Å². The van der Waals surface area contributed by atoms with Crippen LogP contribution in [-0.2, 0) is 0 Å². The molecule has 6 heteroatoms. The number of thiophene rings is 1. The lowest BCUT2D eigenvalue weighted by atomic mass is 10.0. The Labute approximate surface area is 143 Å². The van der Waals surface area contributed by atoms with Gasteiger partial charge in [0, 0.05) is 0 Å². The zero-order chi connectivity index (χ0) is 14.7. The Bertz CT molecular complexity index is 603. The van der Waals surface area contributed by atoms with Crippen LogP contribution in [0.2, 0.25) is 5.02 Å². The zero-order valence-electron chi connectivity index (χ0n) is 10.7. The lowest BCUT2D eigenvalue weighted by Crippen LogP contribution is -2.23. The van der Waals surface area contributed by atoms with Gasteiger partial charge >= 0.3 is 0 Å². The van der Waals surface area contributed by atoms with Crippen molar-refractivity contribution in [3.8, 4) is 0 Å². The van der Waals surface area contributed by atoms with Crippen molar-refractivity contribution in [2.45, 2.75) is 19.4 Å². The van der Waals surface area contributed by atoms with Crippen LogP contribution in [0.15, 0.2) is 31.8 Å². The summed E-state index contributed by atoms with van der Waals surface area (Å²) in [4.78, 5) is 0. The molecule has 1 aromatic heterocycles. The van der Waals surface area contributed by atoms with Crippen molar-refractivity contribution in [2.24, 2.45) is 0 Å². The summed E-state index contributed by atoms with van der Waals surface area (Å²) in [6.45, 7) is 2.92. The highest BCUT2D eigenvalue weighted by Gasteiger charge is 2.22. The van der Waals surface area contributed by atoms with Gasteiger partial charge in [-0.3, -0.25) is 0 Å². The summed E-state index contributed by atoms with van der Waals surface area (Å²) >= 11 is 14.8. The normalized spacial score (nSPS) is 12.7. The Kier molecular flexibility index (Phi) is 6.05. The van der Waals surface area contributed by atoms with E-state index in [2.05, 4.69) is 44.1 Å². The van der Waals surface area contributed by atoms with Crippen molar-refractivity contribution in [3.05, 3.63) is 53.8 Å². The molecule has 0 saturated carbocycles. The molecule has 0 bridgehead atoms. The van der Waals surface area contributed by atoms with E-state index in [0.29, 0.717) is 0 Å². The Morgan fingerprint density at radius 3 is 2.70 bits per heavy atom. The van der Waals surface area contributed by atoms with E-state index in [1.54, 1.807) is 17.4 Å². The molecule has 0 saturated heterocycles. The summed E-state index contributed by atoms with van der Waals surface area (Å²) in [7, 11) is 0. The topological polar surface area (TPSA) is 12.0 Å². The molecule has 0 radical (unpaired) electrons. The molecular formula is C14H13Br2ClFNS. The molecule has 0 spiro atoms. The van der Waals surface area contributed by atoms with Gasteiger partial charge in [-0.25, -0.2) is 4.39 Å². The largest absolute Gasteiger partial charge is 0.306 e. The van der Waals surface area contributed by atoms with E-state index in [9.17, 15) is 4.39 Å². The summed E-state index contributed by atoms with van der Waals surface area (Å²) in [5, 5.41) is 3.61. The number of hydrogen-bond acceptors (Lipinski definition) is 2. The van der Waals surface area contributed by atoms with Gasteiger partial charge in [0.2, 0.25) is 0 Å². The van der Waals surface area contributed by atoms with Gasteiger partial charge in [-0.2, -0.15) is 0 Å². The van der Waals surface area contributed by atoms with E-state index in [4.69, 9.17) is 11.6 Å². The summed E-state index contributed by atoms with van der Waals surface area (Å²) in [5.41, 5.74) is 1.81. The molecule has 1 heterocycles. The van der Waals surface area contributed by atoms with Crippen molar-refractivity contribution >= 4 is 54.8 Å². The molecule has 2 rings (SSSR count). The van der Waals surface area contributed by atoms with Crippen LogP contribution in [0.3, 0.4) is 0 Å².